The molecule has 20 heavy (non-hydrogen) atoms. The maximum Gasteiger partial charge on any atom is 0.319 e. The number of rotatable bonds is 4. The molecule has 0 bridgehead atoms. The lowest BCUT2D eigenvalue weighted by Gasteiger charge is -2.21. The zero-order valence-electron chi connectivity index (χ0n) is 11.8. The minimum absolute atomic E-state index is 0.0119. The van der Waals surface area contributed by atoms with Gasteiger partial charge in [-0.3, -0.25) is 0 Å². The minimum atomic E-state index is 0.0119. The molecule has 1 atom stereocenters. The number of carbonyl (C=O) groups excluding carboxylic acids is 1. The third kappa shape index (κ3) is 2.25. The van der Waals surface area contributed by atoms with Gasteiger partial charge in [0.15, 0.2) is 0 Å². The monoisotopic (exact) mass is 273 g/mol. The van der Waals surface area contributed by atoms with Crippen LogP contribution < -0.4 is 5.32 Å². The Hall–Kier alpha value is -2.01. The van der Waals surface area contributed by atoms with E-state index in [2.05, 4.69) is 5.32 Å². The largest absolute Gasteiger partial charge is 0.459 e. The summed E-state index contributed by atoms with van der Waals surface area (Å²) in [6.45, 7) is 2.18. The molecular formula is C15H19N3O2. The van der Waals surface area contributed by atoms with E-state index < -0.39 is 0 Å². The predicted molar refractivity (Wildman–Crippen MR) is 77.6 cm³/mol. The van der Waals surface area contributed by atoms with Gasteiger partial charge in [0, 0.05) is 32.1 Å². The molecule has 1 aliphatic rings. The van der Waals surface area contributed by atoms with E-state index in [4.69, 9.17) is 4.42 Å². The first-order chi connectivity index (χ1) is 9.69. The summed E-state index contributed by atoms with van der Waals surface area (Å²) < 4.78 is 5.88. The molecular weight excluding hydrogens is 254 g/mol. The second-order valence-electron chi connectivity index (χ2n) is 5.18. The molecule has 0 aliphatic carbocycles. The van der Waals surface area contributed by atoms with Gasteiger partial charge in [-0.2, -0.15) is 0 Å². The summed E-state index contributed by atoms with van der Waals surface area (Å²) in [5.74, 6) is 0.871. The number of fused-ring (bicyclic) bond motifs is 1. The second-order valence-corrected chi connectivity index (χ2v) is 5.18. The van der Waals surface area contributed by atoms with Crippen molar-refractivity contribution in [3.8, 4) is 0 Å². The van der Waals surface area contributed by atoms with Crippen molar-refractivity contribution in [3.05, 3.63) is 36.1 Å². The van der Waals surface area contributed by atoms with E-state index in [0.717, 1.165) is 29.8 Å². The van der Waals surface area contributed by atoms with E-state index in [1.54, 1.807) is 4.90 Å². The Labute approximate surface area is 118 Å². The van der Waals surface area contributed by atoms with Crippen molar-refractivity contribution in [1.82, 2.24) is 15.1 Å². The Morgan fingerprint density at radius 1 is 1.35 bits per heavy atom. The Kier molecular flexibility index (Phi) is 3.36. The molecule has 1 fully saturated rings. The zero-order valence-corrected chi connectivity index (χ0v) is 11.8. The van der Waals surface area contributed by atoms with E-state index in [1.165, 1.54) is 0 Å². The van der Waals surface area contributed by atoms with Gasteiger partial charge in [0.1, 0.15) is 11.3 Å². The Bertz CT molecular complexity index is 589. The molecule has 1 saturated heterocycles. The van der Waals surface area contributed by atoms with Gasteiger partial charge in [-0.1, -0.05) is 18.2 Å². The number of benzene rings is 1. The average molecular weight is 273 g/mol. The number of nitrogens with zero attached hydrogens (tertiary/aromatic N) is 2. The van der Waals surface area contributed by atoms with Gasteiger partial charge in [0.2, 0.25) is 0 Å². The van der Waals surface area contributed by atoms with Crippen LogP contribution in [0, 0.1) is 0 Å². The number of hydrogen-bond donors (Lipinski definition) is 1. The van der Waals surface area contributed by atoms with Crippen LogP contribution in [0.15, 0.2) is 34.7 Å². The smallest absolute Gasteiger partial charge is 0.319 e. The molecule has 3 rings (SSSR count). The molecule has 1 aromatic heterocycles. The molecule has 0 radical (unpaired) electrons. The van der Waals surface area contributed by atoms with Crippen LogP contribution in [0.5, 0.6) is 0 Å². The number of para-hydroxylation sites is 1. The van der Waals surface area contributed by atoms with Crippen molar-refractivity contribution in [2.24, 2.45) is 0 Å². The van der Waals surface area contributed by atoms with Crippen LogP contribution in [-0.4, -0.2) is 49.6 Å². The van der Waals surface area contributed by atoms with Gasteiger partial charge < -0.3 is 19.5 Å². The molecule has 2 amide bonds. The zero-order chi connectivity index (χ0) is 14.1. The summed E-state index contributed by atoms with van der Waals surface area (Å²) in [7, 11) is 3.72. The fourth-order valence-electron chi connectivity index (χ4n) is 2.59. The highest BCUT2D eigenvalue weighted by Gasteiger charge is 2.28. The quantitative estimate of drug-likeness (QED) is 0.927. The fraction of sp³-hybridized carbons (Fsp3) is 0.400. The van der Waals surface area contributed by atoms with E-state index in [-0.39, 0.29) is 12.1 Å². The number of amides is 2. The molecule has 5 heteroatoms. The third-order valence-electron chi connectivity index (χ3n) is 3.84. The Morgan fingerprint density at radius 2 is 2.15 bits per heavy atom. The summed E-state index contributed by atoms with van der Waals surface area (Å²) >= 11 is 0. The number of nitrogens with one attached hydrogen (secondary N) is 1. The van der Waals surface area contributed by atoms with Crippen LogP contribution in [0.1, 0.15) is 11.8 Å². The second kappa shape index (κ2) is 5.17. The number of urea groups is 1. The van der Waals surface area contributed by atoms with Crippen molar-refractivity contribution in [1.29, 1.82) is 0 Å². The highest BCUT2D eigenvalue weighted by Crippen LogP contribution is 2.25. The van der Waals surface area contributed by atoms with E-state index in [0.29, 0.717) is 6.54 Å². The molecule has 106 valence electrons. The third-order valence-corrected chi connectivity index (χ3v) is 3.84. The number of carbonyl (C=O) groups is 1. The SMILES string of the molecule is CNC(CN1CCN(C)C1=O)c1cc2ccccc2o1. The number of furan rings is 1. The first kappa shape index (κ1) is 13.0. The van der Waals surface area contributed by atoms with Gasteiger partial charge in [0.05, 0.1) is 6.04 Å². The Morgan fingerprint density at radius 3 is 2.80 bits per heavy atom. The molecule has 2 heterocycles. The maximum absolute atomic E-state index is 12.0. The van der Waals surface area contributed by atoms with E-state index in [9.17, 15) is 4.79 Å². The van der Waals surface area contributed by atoms with Crippen LogP contribution in [0.2, 0.25) is 0 Å². The molecule has 1 unspecified atom stereocenters. The normalized spacial score (nSPS) is 17.2. The summed E-state index contributed by atoms with van der Waals surface area (Å²) in [4.78, 5) is 15.6. The molecule has 1 aliphatic heterocycles. The van der Waals surface area contributed by atoms with Crippen molar-refractivity contribution >= 4 is 17.0 Å². The lowest BCUT2D eigenvalue weighted by atomic mass is 10.2. The van der Waals surface area contributed by atoms with Gasteiger partial charge in [0.25, 0.3) is 0 Å². The summed E-state index contributed by atoms with van der Waals surface area (Å²) in [6.07, 6.45) is 0. The Balaban J connectivity index is 1.81. The summed E-state index contributed by atoms with van der Waals surface area (Å²) in [5.41, 5.74) is 0.882. The molecule has 2 aromatic rings. The molecule has 0 spiro atoms. The average Bonchev–Trinajstić information content (AvgIpc) is 3.02. The topological polar surface area (TPSA) is 48.7 Å². The fourth-order valence-corrected chi connectivity index (χ4v) is 2.59. The van der Waals surface area contributed by atoms with Crippen LogP contribution in [0.25, 0.3) is 11.0 Å². The van der Waals surface area contributed by atoms with Crippen LogP contribution in [0.4, 0.5) is 4.79 Å². The van der Waals surface area contributed by atoms with Crippen molar-refractivity contribution in [3.63, 3.8) is 0 Å². The van der Waals surface area contributed by atoms with Gasteiger partial charge in [-0.25, -0.2) is 4.79 Å². The van der Waals surface area contributed by atoms with E-state index >= 15 is 0 Å². The van der Waals surface area contributed by atoms with E-state index in [1.807, 2.05) is 49.3 Å². The number of likely N-dealkylation sites (N-methyl/N-ethyl adjacent to an activating group) is 2. The molecule has 5 nitrogen and oxygen atoms in total. The first-order valence-electron chi connectivity index (χ1n) is 6.85. The van der Waals surface area contributed by atoms with Crippen molar-refractivity contribution in [2.45, 2.75) is 6.04 Å². The van der Waals surface area contributed by atoms with Gasteiger partial charge in [-0.05, 0) is 19.2 Å². The highest BCUT2D eigenvalue weighted by molar-refractivity contribution is 5.78. The molecule has 1 aromatic carbocycles. The maximum atomic E-state index is 12.0. The highest BCUT2D eigenvalue weighted by atomic mass is 16.3. The van der Waals surface area contributed by atoms with Crippen molar-refractivity contribution in [2.75, 3.05) is 33.7 Å². The predicted octanol–water partition coefficient (Wildman–Crippen LogP) is 2.06. The molecule has 0 saturated carbocycles. The van der Waals surface area contributed by atoms with Crippen LogP contribution in [0.3, 0.4) is 0 Å². The minimum Gasteiger partial charge on any atom is -0.459 e. The molecule has 1 N–H and O–H groups in total. The van der Waals surface area contributed by atoms with Gasteiger partial charge in [-0.15, -0.1) is 0 Å². The van der Waals surface area contributed by atoms with Crippen LogP contribution >= 0.6 is 0 Å². The lowest BCUT2D eigenvalue weighted by molar-refractivity contribution is 0.193. The van der Waals surface area contributed by atoms with Gasteiger partial charge >= 0.3 is 6.03 Å². The lowest BCUT2D eigenvalue weighted by Crippen LogP contribution is -2.36. The summed E-state index contributed by atoms with van der Waals surface area (Å²) in [6, 6.07) is 10.1. The standard InChI is InChI=1S/C15H19N3O2/c1-16-12(10-18-8-7-17(2)15(18)19)14-9-11-5-3-4-6-13(11)20-14/h3-6,9,12,16H,7-8,10H2,1-2H3. The van der Waals surface area contributed by atoms with Crippen LogP contribution in [-0.2, 0) is 0 Å². The van der Waals surface area contributed by atoms with Crippen molar-refractivity contribution < 1.29 is 9.21 Å². The summed E-state index contributed by atoms with van der Waals surface area (Å²) in [5, 5.41) is 4.33. The number of hydrogen-bond acceptors (Lipinski definition) is 3. The first-order valence-corrected chi connectivity index (χ1v) is 6.85.